The van der Waals surface area contributed by atoms with Gasteiger partial charge in [-0.3, -0.25) is 9.59 Å². The van der Waals surface area contributed by atoms with E-state index >= 15 is 0 Å². The van der Waals surface area contributed by atoms with Gasteiger partial charge in [0.15, 0.2) is 0 Å². The van der Waals surface area contributed by atoms with Crippen molar-refractivity contribution >= 4 is 11.8 Å². The molecule has 0 atom stereocenters. The van der Waals surface area contributed by atoms with Gasteiger partial charge >= 0.3 is 0 Å². The average Bonchev–Trinajstić information content (AvgIpc) is 2.90. The largest absolute Gasteiger partial charge is 0.493 e. The summed E-state index contributed by atoms with van der Waals surface area (Å²) in [6.07, 6.45) is 1.75. The lowest BCUT2D eigenvalue weighted by Crippen LogP contribution is -2.44. The fourth-order valence-corrected chi connectivity index (χ4v) is 4.38. The number of carbonyl (C=O) groups excluding carboxylic acids is 2. The van der Waals surface area contributed by atoms with Crippen LogP contribution in [0.25, 0.3) is 0 Å². The predicted octanol–water partition coefficient (Wildman–Crippen LogP) is 4.92. The summed E-state index contributed by atoms with van der Waals surface area (Å²) in [7, 11) is 0. The molecule has 0 radical (unpaired) electrons. The van der Waals surface area contributed by atoms with E-state index in [1.54, 1.807) is 0 Å². The summed E-state index contributed by atoms with van der Waals surface area (Å²) >= 11 is 0. The fraction of sp³-hybridized carbons (Fsp3) is 0.310. The molecular formula is C29H32N2O3. The Hall–Kier alpha value is -3.60. The van der Waals surface area contributed by atoms with Crippen LogP contribution in [0, 0.1) is 5.92 Å². The Kier molecular flexibility index (Phi) is 8.33. The van der Waals surface area contributed by atoms with E-state index in [1.807, 2.05) is 76.5 Å². The van der Waals surface area contributed by atoms with Crippen molar-refractivity contribution in [2.75, 3.05) is 19.7 Å². The molecule has 1 aliphatic heterocycles. The van der Waals surface area contributed by atoms with E-state index in [0.717, 1.165) is 16.9 Å². The van der Waals surface area contributed by atoms with Crippen molar-refractivity contribution in [1.82, 2.24) is 9.80 Å². The van der Waals surface area contributed by atoms with Crippen LogP contribution < -0.4 is 4.74 Å². The van der Waals surface area contributed by atoms with Gasteiger partial charge in [0.1, 0.15) is 5.75 Å². The zero-order valence-electron chi connectivity index (χ0n) is 19.5. The summed E-state index contributed by atoms with van der Waals surface area (Å²) in [6, 6.07) is 29.8. The molecule has 2 amide bonds. The van der Waals surface area contributed by atoms with Crippen LogP contribution in [0.4, 0.5) is 0 Å². The van der Waals surface area contributed by atoms with Crippen LogP contribution in [0.1, 0.15) is 30.4 Å². The third-order valence-electron chi connectivity index (χ3n) is 6.27. The molecule has 0 aliphatic carbocycles. The molecule has 5 nitrogen and oxygen atoms in total. The number of hydrogen-bond acceptors (Lipinski definition) is 3. The van der Waals surface area contributed by atoms with E-state index in [1.165, 1.54) is 0 Å². The Bertz CT molecular complexity index is 991. The van der Waals surface area contributed by atoms with Gasteiger partial charge in [-0.25, -0.2) is 0 Å². The van der Waals surface area contributed by atoms with Crippen LogP contribution in [-0.2, 0) is 22.7 Å². The lowest BCUT2D eigenvalue weighted by Gasteiger charge is -2.34. The summed E-state index contributed by atoms with van der Waals surface area (Å²) < 4.78 is 5.66. The number of benzene rings is 3. The molecule has 34 heavy (non-hydrogen) atoms. The normalized spacial score (nSPS) is 13.9. The van der Waals surface area contributed by atoms with Crippen molar-refractivity contribution in [2.45, 2.75) is 32.4 Å². The van der Waals surface area contributed by atoms with Crippen molar-refractivity contribution in [2.24, 2.45) is 5.92 Å². The molecule has 0 N–H and O–H groups in total. The molecule has 4 rings (SSSR count). The highest BCUT2D eigenvalue weighted by atomic mass is 16.5. The number of ether oxygens (including phenoxy) is 1. The van der Waals surface area contributed by atoms with Gasteiger partial charge in [0.25, 0.3) is 0 Å². The van der Waals surface area contributed by atoms with Gasteiger partial charge < -0.3 is 14.5 Å². The van der Waals surface area contributed by atoms with Crippen molar-refractivity contribution in [1.29, 1.82) is 0 Å². The molecule has 0 bridgehead atoms. The standard InChI is InChI=1S/C29H32N2O3/c32-28(18-21-34-27-14-8-3-9-15-27)30-19-16-26(17-20-30)29(33)31(22-24-10-4-1-5-11-24)23-25-12-6-2-7-13-25/h1-15,26H,16-23H2. The highest BCUT2D eigenvalue weighted by molar-refractivity contribution is 5.80. The summed E-state index contributed by atoms with van der Waals surface area (Å²) in [5.74, 6) is 0.980. The Labute approximate surface area is 202 Å². The Balaban J connectivity index is 1.30. The monoisotopic (exact) mass is 456 g/mol. The van der Waals surface area contributed by atoms with Gasteiger partial charge in [-0.2, -0.15) is 0 Å². The van der Waals surface area contributed by atoms with Crippen LogP contribution in [-0.4, -0.2) is 41.3 Å². The van der Waals surface area contributed by atoms with E-state index < -0.39 is 0 Å². The molecule has 5 heteroatoms. The van der Waals surface area contributed by atoms with Gasteiger partial charge in [-0.1, -0.05) is 78.9 Å². The molecule has 0 saturated carbocycles. The number of amides is 2. The second-order valence-electron chi connectivity index (χ2n) is 8.73. The SMILES string of the molecule is O=C(CCOc1ccccc1)N1CCC(C(=O)N(Cc2ccccc2)Cc2ccccc2)CC1. The Morgan fingerprint density at radius 1 is 0.765 bits per heavy atom. The molecule has 0 unspecified atom stereocenters. The number of nitrogens with zero attached hydrogens (tertiary/aromatic N) is 2. The zero-order chi connectivity index (χ0) is 23.6. The van der Waals surface area contributed by atoms with Gasteiger partial charge in [0.2, 0.25) is 11.8 Å². The first kappa shape index (κ1) is 23.6. The number of para-hydroxylation sites is 1. The number of hydrogen-bond donors (Lipinski definition) is 0. The Morgan fingerprint density at radius 2 is 1.26 bits per heavy atom. The molecule has 176 valence electrons. The molecular weight excluding hydrogens is 424 g/mol. The minimum absolute atomic E-state index is 0.0583. The van der Waals surface area contributed by atoms with Crippen LogP contribution in [0.3, 0.4) is 0 Å². The van der Waals surface area contributed by atoms with Crippen molar-refractivity contribution in [3.05, 3.63) is 102 Å². The summed E-state index contributed by atoms with van der Waals surface area (Å²) in [5.41, 5.74) is 2.25. The smallest absolute Gasteiger partial charge is 0.226 e. The van der Waals surface area contributed by atoms with E-state index in [2.05, 4.69) is 24.3 Å². The Morgan fingerprint density at radius 3 is 1.79 bits per heavy atom. The van der Waals surface area contributed by atoms with Gasteiger partial charge in [0, 0.05) is 32.1 Å². The summed E-state index contributed by atoms with van der Waals surface area (Å²) in [5, 5.41) is 0. The third-order valence-corrected chi connectivity index (χ3v) is 6.27. The topological polar surface area (TPSA) is 49.9 Å². The van der Waals surface area contributed by atoms with Crippen LogP contribution in [0.2, 0.25) is 0 Å². The average molecular weight is 457 g/mol. The van der Waals surface area contributed by atoms with E-state index in [9.17, 15) is 9.59 Å². The fourth-order valence-electron chi connectivity index (χ4n) is 4.38. The molecule has 1 fully saturated rings. The van der Waals surface area contributed by atoms with Crippen molar-refractivity contribution in [3.63, 3.8) is 0 Å². The predicted molar refractivity (Wildman–Crippen MR) is 133 cm³/mol. The van der Waals surface area contributed by atoms with E-state index in [-0.39, 0.29) is 17.7 Å². The maximum Gasteiger partial charge on any atom is 0.226 e. The molecule has 3 aromatic rings. The van der Waals surface area contributed by atoms with Crippen molar-refractivity contribution < 1.29 is 14.3 Å². The minimum atomic E-state index is -0.0583. The maximum atomic E-state index is 13.5. The molecule has 1 saturated heterocycles. The number of carbonyl (C=O) groups is 2. The zero-order valence-corrected chi connectivity index (χ0v) is 19.5. The van der Waals surface area contributed by atoms with Crippen LogP contribution >= 0.6 is 0 Å². The summed E-state index contributed by atoms with van der Waals surface area (Å²) in [4.78, 5) is 30.0. The second kappa shape index (κ2) is 12.0. The number of likely N-dealkylation sites (tertiary alicyclic amines) is 1. The second-order valence-corrected chi connectivity index (χ2v) is 8.73. The summed E-state index contributed by atoms with van der Waals surface area (Å²) in [6.45, 7) is 2.77. The van der Waals surface area contributed by atoms with Gasteiger partial charge in [0.05, 0.1) is 13.0 Å². The first-order chi connectivity index (χ1) is 16.7. The molecule has 3 aromatic carbocycles. The molecule has 1 aliphatic rings. The van der Waals surface area contributed by atoms with E-state index in [4.69, 9.17) is 4.74 Å². The van der Waals surface area contributed by atoms with Gasteiger partial charge in [-0.15, -0.1) is 0 Å². The number of piperidine rings is 1. The molecule has 1 heterocycles. The van der Waals surface area contributed by atoms with E-state index in [0.29, 0.717) is 52.0 Å². The first-order valence-corrected chi connectivity index (χ1v) is 12.0. The maximum absolute atomic E-state index is 13.5. The highest BCUT2D eigenvalue weighted by Crippen LogP contribution is 2.23. The highest BCUT2D eigenvalue weighted by Gasteiger charge is 2.30. The van der Waals surface area contributed by atoms with Crippen molar-refractivity contribution in [3.8, 4) is 5.75 Å². The van der Waals surface area contributed by atoms with Crippen LogP contribution in [0.5, 0.6) is 5.75 Å². The minimum Gasteiger partial charge on any atom is -0.493 e. The molecule has 0 spiro atoms. The van der Waals surface area contributed by atoms with Gasteiger partial charge in [-0.05, 0) is 36.1 Å². The number of rotatable bonds is 9. The lowest BCUT2D eigenvalue weighted by atomic mass is 9.94. The first-order valence-electron chi connectivity index (χ1n) is 12.0. The third kappa shape index (κ3) is 6.70. The molecule has 0 aromatic heterocycles. The quantitative estimate of drug-likeness (QED) is 0.459. The lowest BCUT2D eigenvalue weighted by molar-refractivity contribution is -0.141. The van der Waals surface area contributed by atoms with Crippen LogP contribution in [0.15, 0.2) is 91.0 Å².